The molecule has 0 aliphatic heterocycles. The Morgan fingerprint density at radius 2 is 2.11 bits per heavy atom. The van der Waals surface area contributed by atoms with E-state index in [1.54, 1.807) is 0 Å². The Morgan fingerprint density at radius 1 is 1.39 bits per heavy atom. The van der Waals surface area contributed by atoms with Gasteiger partial charge in [-0.25, -0.2) is 0 Å². The van der Waals surface area contributed by atoms with E-state index < -0.39 is 0 Å². The molecule has 5 heteroatoms. The number of hydrogen-bond acceptors (Lipinski definition) is 3. The van der Waals surface area contributed by atoms with Crippen LogP contribution in [-0.4, -0.2) is 21.3 Å². The van der Waals surface area contributed by atoms with Crippen molar-refractivity contribution in [2.75, 3.05) is 11.9 Å². The average Bonchev–Trinajstić information content (AvgIpc) is 2.76. The lowest BCUT2D eigenvalue weighted by atomic mass is 10.2. The van der Waals surface area contributed by atoms with E-state index >= 15 is 0 Å². The lowest BCUT2D eigenvalue weighted by molar-refractivity contribution is 0.767. The SMILES string of the molecule is Cn1cc(CCNc2ccc(C(N)=S)cc2)cn1. The molecule has 94 valence electrons. The molecule has 0 saturated heterocycles. The summed E-state index contributed by atoms with van der Waals surface area (Å²) in [4.78, 5) is 0.428. The third-order valence-corrected chi connectivity index (χ3v) is 2.91. The molecule has 1 aromatic carbocycles. The molecule has 0 amide bonds. The minimum atomic E-state index is 0.428. The fourth-order valence-corrected chi connectivity index (χ4v) is 1.84. The second kappa shape index (κ2) is 5.64. The number of nitrogens with two attached hydrogens (primary N) is 1. The van der Waals surface area contributed by atoms with Gasteiger partial charge < -0.3 is 11.1 Å². The van der Waals surface area contributed by atoms with Crippen LogP contribution in [-0.2, 0) is 13.5 Å². The van der Waals surface area contributed by atoms with Gasteiger partial charge in [0.2, 0.25) is 0 Å². The van der Waals surface area contributed by atoms with Crippen LogP contribution in [0.2, 0.25) is 0 Å². The van der Waals surface area contributed by atoms with Crippen LogP contribution in [0.1, 0.15) is 11.1 Å². The van der Waals surface area contributed by atoms with Crippen molar-refractivity contribution in [2.24, 2.45) is 12.8 Å². The molecule has 0 saturated carbocycles. The van der Waals surface area contributed by atoms with Crippen LogP contribution in [0.4, 0.5) is 5.69 Å². The van der Waals surface area contributed by atoms with Gasteiger partial charge in [0.25, 0.3) is 0 Å². The van der Waals surface area contributed by atoms with Gasteiger partial charge in [-0.1, -0.05) is 12.2 Å². The first kappa shape index (κ1) is 12.6. The lowest BCUT2D eigenvalue weighted by Crippen LogP contribution is -2.09. The predicted molar refractivity (Wildman–Crippen MR) is 77.7 cm³/mol. The second-order valence-electron chi connectivity index (χ2n) is 4.14. The Hall–Kier alpha value is -1.88. The standard InChI is InChI=1S/C13H16N4S/c1-17-9-10(8-16-17)6-7-15-12-4-2-11(3-5-12)13(14)18/h2-5,8-9,15H,6-7H2,1H3,(H2,14,18). The Bertz CT molecular complexity index is 530. The van der Waals surface area contributed by atoms with Crippen LogP contribution in [0.3, 0.4) is 0 Å². The minimum Gasteiger partial charge on any atom is -0.389 e. The highest BCUT2D eigenvalue weighted by molar-refractivity contribution is 7.80. The highest BCUT2D eigenvalue weighted by Crippen LogP contribution is 2.09. The highest BCUT2D eigenvalue weighted by atomic mass is 32.1. The lowest BCUT2D eigenvalue weighted by Gasteiger charge is -2.06. The smallest absolute Gasteiger partial charge is 0.103 e. The summed E-state index contributed by atoms with van der Waals surface area (Å²) in [7, 11) is 1.92. The molecule has 3 N–H and O–H groups in total. The van der Waals surface area contributed by atoms with Gasteiger partial charge in [0.05, 0.1) is 6.20 Å². The largest absolute Gasteiger partial charge is 0.389 e. The third-order valence-electron chi connectivity index (χ3n) is 2.67. The van der Waals surface area contributed by atoms with Crippen molar-refractivity contribution < 1.29 is 0 Å². The summed E-state index contributed by atoms with van der Waals surface area (Å²) in [6, 6.07) is 7.82. The molecule has 0 bridgehead atoms. The monoisotopic (exact) mass is 260 g/mol. The maximum Gasteiger partial charge on any atom is 0.103 e. The van der Waals surface area contributed by atoms with Gasteiger partial charge in [0.1, 0.15) is 4.99 Å². The molecule has 1 heterocycles. The van der Waals surface area contributed by atoms with Crippen molar-refractivity contribution in [1.29, 1.82) is 0 Å². The van der Waals surface area contributed by atoms with Gasteiger partial charge in [-0.3, -0.25) is 4.68 Å². The number of aryl methyl sites for hydroxylation is 1. The van der Waals surface area contributed by atoms with Gasteiger partial charge >= 0.3 is 0 Å². The van der Waals surface area contributed by atoms with Gasteiger partial charge in [-0.2, -0.15) is 5.10 Å². The topological polar surface area (TPSA) is 55.9 Å². The minimum absolute atomic E-state index is 0.428. The Balaban J connectivity index is 1.85. The van der Waals surface area contributed by atoms with Crippen molar-refractivity contribution >= 4 is 22.9 Å². The van der Waals surface area contributed by atoms with Crippen molar-refractivity contribution in [3.63, 3.8) is 0 Å². The average molecular weight is 260 g/mol. The maximum atomic E-state index is 5.54. The van der Waals surface area contributed by atoms with E-state index in [-0.39, 0.29) is 0 Å². The number of rotatable bonds is 5. The van der Waals surface area contributed by atoms with Crippen LogP contribution in [0.15, 0.2) is 36.7 Å². The van der Waals surface area contributed by atoms with Crippen LogP contribution >= 0.6 is 12.2 Å². The molecule has 2 aromatic rings. The van der Waals surface area contributed by atoms with Crippen LogP contribution in [0, 0.1) is 0 Å². The van der Waals surface area contributed by atoms with Crippen LogP contribution in [0.25, 0.3) is 0 Å². The summed E-state index contributed by atoms with van der Waals surface area (Å²) in [6.45, 7) is 0.873. The van der Waals surface area contributed by atoms with E-state index in [2.05, 4.69) is 10.4 Å². The van der Waals surface area contributed by atoms with Crippen molar-refractivity contribution in [3.8, 4) is 0 Å². The zero-order chi connectivity index (χ0) is 13.0. The summed E-state index contributed by atoms with van der Waals surface area (Å²) >= 11 is 4.91. The van der Waals surface area contributed by atoms with Gasteiger partial charge in [0.15, 0.2) is 0 Å². The molecule has 0 atom stereocenters. The number of nitrogens with one attached hydrogen (secondary N) is 1. The first-order valence-corrected chi connectivity index (χ1v) is 6.17. The van der Waals surface area contributed by atoms with E-state index in [9.17, 15) is 0 Å². The molecular formula is C13H16N4S. The Morgan fingerprint density at radius 3 is 2.67 bits per heavy atom. The van der Waals surface area contributed by atoms with Crippen molar-refractivity contribution in [1.82, 2.24) is 9.78 Å². The van der Waals surface area contributed by atoms with E-state index in [4.69, 9.17) is 18.0 Å². The quantitative estimate of drug-likeness (QED) is 0.804. The molecule has 0 aliphatic rings. The Labute approximate surface area is 112 Å². The van der Waals surface area contributed by atoms with Gasteiger partial charge in [-0.05, 0) is 36.2 Å². The molecule has 18 heavy (non-hydrogen) atoms. The maximum absolute atomic E-state index is 5.54. The molecular weight excluding hydrogens is 244 g/mol. The van der Waals surface area contributed by atoms with Crippen molar-refractivity contribution in [2.45, 2.75) is 6.42 Å². The third kappa shape index (κ3) is 3.30. The van der Waals surface area contributed by atoms with Gasteiger partial charge in [0, 0.05) is 31.0 Å². The summed E-state index contributed by atoms with van der Waals surface area (Å²) in [5.74, 6) is 0. The second-order valence-corrected chi connectivity index (χ2v) is 4.58. The molecule has 4 nitrogen and oxygen atoms in total. The zero-order valence-electron chi connectivity index (χ0n) is 10.3. The highest BCUT2D eigenvalue weighted by Gasteiger charge is 1.98. The van der Waals surface area contributed by atoms with Crippen LogP contribution < -0.4 is 11.1 Å². The molecule has 0 unspecified atom stereocenters. The van der Waals surface area contributed by atoms with E-state index in [0.717, 1.165) is 24.2 Å². The normalized spacial score (nSPS) is 10.3. The fourth-order valence-electron chi connectivity index (χ4n) is 1.70. The van der Waals surface area contributed by atoms with Gasteiger partial charge in [-0.15, -0.1) is 0 Å². The van der Waals surface area contributed by atoms with Crippen molar-refractivity contribution in [3.05, 3.63) is 47.8 Å². The molecule has 2 rings (SSSR count). The number of anilines is 1. The van der Waals surface area contributed by atoms with E-state index in [1.807, 2.05) is 48.4 Å². The number of hydrogen-bond donors (Lipinski definition) is 2. The number of aromatic nitrogens is 2. The first-order chi connectivity index (χ1) is 8.65. The summed E-state index contributed by atoms with van der Waals surface area (Å²) in [5, 5.41) is 7.48. The number of benzene rings is 1. The number of nitrogens with zero attached hydrogens (tertiary/aromatic N) is 2. The fraction of sp³-hybridized carbons (Fsp3) is 0.231. The number of thiocarbonyl (C=S) groups is 1. The molecule has 0 spiro atoms. The molecule has 0 radical (unpaired) electrons. The Kier molecular flexibility index (Phi) is 3.94. The summed E-state index contributed by atoms with van der Waals surface area (Å²) in [6.07, 6.45) is 4.86. The zero-order valence-corrected chi connectivity index (χ0v) is 11.1. The summed E-state index contributed by atoms with van der Waals surface area (Å²) < 4.78 is 1.81. The molecule has 0 aliphatic carbocycles. The molecule has 0 fully saturated rings. The van der Waals surface area contributed by atoms with Crippen LogP contribution in [0.5, 0.6) is 0 Å². The predicted octanol–water partition coefficient (Wildman–Crippen LogP) is 1.71. The van der Waals surface area contributed by atoms with E-state index in [0.29, 0.717) is 4.99 Å². The first-order valence-electron chi connectivity index (χ1n) is 5.76. The summed E-state index contributed by atoms with van der Waals surface area (Å²) in [5.41, 5.74) is 8.73. The van der Waals surface area contributed by atoms with E-state index in [1.165, 1.54) is 5.56 Å². The molecule has 1 aromatic heterocycles.